The summed E-state index contributed by atoms with van der Waals surface area (Å²) in [4.78, 5) is 24.1. The third kappa shape index (κ3) is 5.19. The minimum absolute atomic E-state index is 0.134. The first-order valence-corrected chi connectivity index (χ1v) is 11.1. The number of rotatable bonds is 9. The first kappa shape index (κ1) is 21.8. The molecular weight excluding hydrogens is 424 g/mol. The average molecular weight is 447 g/mol. The molecule has 0 radical (unpaired) electrons. The summed E-state index contributed by atoms with van der Waals surface area (Å²) in [5, 5.41) is 14.0. The van der Waals surface area contributed by atoms with Gasteiger partial charge in [-0.15, -0.1) is 21.5 Å². The molecule has 0 bridgehead atoms. The number of hydrogen-bond acceptors (Lipinski definition) is 8. The van der Waals surface area contributed by atoms with E-state index in [0.29, 0.717) is 28.1 Å². The lowest BCUT2D eigenvalue weighted by Gasteiger charge is -2.10. The van der Waals surface area contributed by atoms with Gasteiger partial charge >= 0.3 is 5.97 Å². The van der Waals surface area contributed by atoms with Gasteiger partial charge in [0.1, 0.15) is 17.4 Å². The van der Waals surface area contributed by atoms with Crippen LogP contribution in [0.5, 0.6) is 5.75 Å². The number of hydrogen-bond donors (Lipinski definition) is 1. The number of nitrogens with zero attached hydrogens (tertiary/aromatic N) is 3. The van der Waals surface area contributed by atoms with E-state index in [1.54, 1.807) is 11.4 Å². The molecule has 2 aromatic heterocycles. The molecule has 1 N–H and O–H groups in total. The van der Waals surface area contributed by atoms with Crippen molar-refractivity contribution in [3.63, 3.8) is 0 Å². The topological polar surface area (TPSA) is 95.3 Å². The van der Waals surface area contributed by atoms with Crippen LogP contribution in [0.2, 0.25) is 0 Å². The lowest BCUT2D eigenvalue weighted by molar-refractivity contribution is -0.113. The number of anilines is 1. The third-order valence-electron chi connectivity index (χ3n) is 4.22. The van der Waals surface area contributed by atoms with Crippen molar-refractivity contribution in [2.75, 3.05) is 18.2 Å². The van der Waals surface area contributed by atoms with Crippen LogP contribution < -0.4 is 10.1 Å². The fraction of sp³-hybridized carbons (Fsp3) is 0.300. The third-order valence-corrected chi connectivity index (χ3v) is 6.01. The smallest absolute Gasteiger partial charge is 0.340 e. The fourth-order valence-electron chi connectivity index (χ4n) is 2.68. The number of ether oxygens (including phenoxy) is 2. The quantitative estimate of drug-likeness (QED) is 0.395. The van der Waals surface area contributed by atoms with Crippen LogP contribution >= 0.6 is 23.1 Å². The second kappa shape index (κ2) is 10.3. The maximum atomic E-state index is 12.3. The number of carbonyl (C=O) groups is 2. The molecule has 0 fully saturated rings. The SMILES string of the molecule is CCn1c(COc2ccccc2C)nnc1SCC(=O)Nc1sccc1C(=O)OC. The molecule has 0 spiro atoms. The summed E-state index contributed by atoms with van der Waals surface area (Å²) in [7, 11) is 1.30. The van der Waals surface area contributed by atoms with E-state index in [1.807, 2.05) is 42.7 Å². The normalized spacial score (nSPS) is 10.6. The van der Waals surface area contributed by atoms with Gasteiger partial charge in [-0.05, 0) is 36.9 Å². The average Bonchev–Trinajstić information content (AvgIpc) is 3.37. The molecule has 0 atom stereocenters. The zero-order chi connectivity index (χ0) is 21.5. The molecular formula is C20H22N4O4S2. The number of thiophene rings is 1. The van der Waals surface area contributed by atoms with E-state index in [0.717, 1.165) is 11.3 Å². The number of methoxy groups -OCH3 is 1. The highest BCUT2D eigenvalue weighted by Crippen LogP contribution is 2.25. The van der Waals surface area contributed by atoms with Crippen molar-refractivity contribution < 1.29 is 19.1 Å². The lowest BCUT2D eigenvalue weighted by Crippen LogP contribution is -2.16. The molecule has 0 aliphatic rings. The number of aromatic nitrogens is 3. The van der Waals surface area contributed by atoms with E-state index in [2.05, 4.69) is 15.5 Å². The molecule has 8 nitrogen and oxygen atoms in total. The van der Waals surface area contributed by atoms with E-state index in [9.17, 15) is 9.59 Å². The van der Waals surface area contributed by atoms with E-state index in [-0.39, 0.29) is 18.3 Å². The summed E-state index contributed by atoms with van der Waals surface area (Å²) in [6.07, 6.45) is 0. The van der Waals surface area contributed by atoms with Crippen LogP contribution in [-0.2, 0) is 22.7 Å². The van der Waals surface area contributed by atoms with Gasteiger partial charge in [-0.2, -0.15) is 0 Å². The van der Waals surface area contributed by atoms with Crippen molar-refractivity contribution in [2.24, 2.45) is 0 Å². The van der Waals surface area contributed by atoms with Crippen LogP contribution in [0.25, 0.3) is 0 Å². The number of amides is 1. The molecule has 1 aromatic carbocycles. The monoisotopic (exact) mass is 446 g/mol. The number of esters is 1. The van der Waals surface area contributed by atoms with Crippen molar-refractivity contribution in [3.8, 4) is 5.75 Å². The van der Waals surface area contributed by atoms with Gasteiger partial charge in [0.2, 0.25) is 5.91 Å². The van der Waals surface area contributed by atoms with E-state index < -0.39 is 5.97 Å². The van der Waals surface area contributed by atoms with Crippen molar-refractivity contribution in [1.82, 2.24) is 14.8 Å². The summed E-state index contributed by atoms with van der Waals surface area (Å²) >= 11 is 2.55. The van der Waals surface area contributed by atoms with Gasteiger partial charge < -0.3 is 19.4 Å². The maximum absolute atomic E-state index is 12.3. The number of aryl methyl sites for hydroxylation is 1. The van der Waals surface area contributed by atoms with E-state index >= 15 is 0 Å². The van der Waals surface area contributed by atoms with Gasteiger partial charge in [-0.3, -0.25) is 4.79 Å². The molecule has 0 aliphatic carbocycles. The van der Waals surface area contributed by atoms with Gasteiger partial charge in [-0.1, -0.05) is 30.0 Å². The highest BCUT2D eigenvalue weighted by molar-refractivity contribution is 7.99. The molecule has 0 saturated heterocycles. The first-order valence-electron chi connectivity index (χ1n) is 9.22. The van der Waals surface area contributed by atoms with Gasteiger partial charge in [0.05, 0.1) is 18.4 Å². The molecule has 0 saturated carbocycles. The molecule has 10 heteroatoms. The Hall–Kier alpha value is -2.85. The number of thioether (sulfide) groups is 1. The Kier molecular flexibility index (Phi) is 7.47. The largest absolute Gasteiger partial charge is 0.485 e. The number of benzene rings is 1. The highest BCUT2D eigenvalue weighted by Gasteiger charge is 2.17. The minimum Gasteiger partial charge on any atom is -0.485 e. The molecule has 0 unspecified atom stereocenters. The van der Waals surface area contributed by atoms with E-state index in [4.69, 9.17) is 9.47 Å². The van der Waals surface area contributed by atoms with Crippen LogP contribution in [0.15, 0.2) is 40.9 Å². The zero-order valence-corrected chi connectivity index (χ0v) is 18.5. The van der Waals surface area contributed by atoms with E-state index in [1.165, 1.54) is 30.2 Å². The predicted octanol–water partition coefficient (Wildman–Crippen LogP) is 3.76. The van der Waals surface area contributed by atoms with Crippen LogP contribution in [0.3, 0.4) is 0 Å². The van der Waals surface area contributed by atoms with Gasteiger partial charge in [0.15, 0.2) is 11.0 Å². The molecule has 3 aromatic rings. The zero-order valence-electron chi connectivity index (χ0n) is 16.9. The Labute approximate surface area is 182 Å². The van der Waals surface area contributed by atoms with Gasteiger partial charge in [0, 0.05) is 6.54 Å². The van der Waals surface area contributed by atoms with Gasteiger partial charge in [-0.25, -0.2) is 4.79 Å². The lowest BCUT2D eigenvalue weighted by atomic mass is 10.2. The highest BCUT2D eigenvalue weighted by atomic mass is 32.2. The summed E-state index contributed by atoms with van der Waals surface area (Å²) in [5.74, 6) is 0.901. The molecule has 158 valence electrons. The molecule has 1 amide bonds. The molecule has 3 rings (SSSR count). The fourth-order valence-corrected chi connectivity index (χ4v) is 4.29. The van der Waals surface area contributed by atoms with Crippen LogP contribution in [0, 0.1) is 6.92 Å². The van der Waals surface area contributed by atoms with Crippen LogP contribution in [-0.4, -0.2) is 39.5 Å². The first-order chi connectivity index (χ1) is 14.5. The molecule has 0 aliphatic heterocycles. The Morgan fingerprint density at radius 2 is 2.03 bits per heavy atom. The second-order valence-electron chi connectivity index (χ2n) is 6.19. The van der Waals surface area contributed by atoms with Crippen LogP contribution in [0.1, 0.15) is 28.7 Å². The minimum atomic E-state index is -0.483. The summed E-state index contributed by atoms with van der Waals surface area (Å²) in [5.41, 5.74) is 1.39. The van der Waals surface area contributed by atoms with Crippen LogP contribution in [0.4, 0.5) is 5.00 Å². The number of carbonyl (C=O) groups excluding carboxylic acids is 2. The Balaban J connectivity index is 1.59. The van der Waals surface area contributed by atoms with Crippen molar-refractivity contribution >= 4 is 40.0 Å². The number of nitrogens with one attached hydrogen (secondary N) is 1. The molecule has 30 heavy (non-hydrogen) atoms. The predicted molar refractivity (Wildman–Crippen MR) is 116 cm³/mol. The van der Waals surface area contributed by atoms with Crippen molar-refractivity contribution in [1.29, 1.82) is 0 Å². The molecule has 2 heterocycles. The Morgan fingerprint density at radius 3 is 2.77 bits per heavy atom. The maximum Gasteiger partial charge on any atom is 0.340 e. The van der Waals surface area contributed by atoms with Crippen molar-refractivity contribution in [2.45, 2.75) is 32.2 Å². The number of para-hydroxylation sites is 1. The summed E-state index contributed by atoms with van der Waals surface area (Å²) in [6.45, 7) is 4.91. The standard InChI is InChI=1S/C20H22N4O4S2/c1-4-24-16(11-28-15-8-6-5-7-13(15)2)22-23-20(24)30-12-17(25)21-18-14(9-10-29-18)19(26)27-3/h5-10H,4,11-12H2,1-3H3,(H,21,25). The Morgan fingerprint density at radius 1 is 1.23 bits per heavy atom. The van der Waals surface area contributed by atoms with Crippen molar-refractivity contribution in [3.05, 3.63) is 52.7 Å². The summed E-state index contributed by atoms with van der Waals surface area (Å²) in [6, 6.07) is 9.40. The summed E-state index contributed by atoms with van der Waals surface area (Å²) < 4.78 is 12.5. The Bertz CT molecular complexity index is 1030. The van der Waals surface area contributed by atoms with Gasteiger partial charge in [0.25, 0.3) is 0 Å². The second-order valence-corrected chi connectivity index (χ2v) is 8.05.